The molecule has 1 aliphatic heterocycles. The maximum absolute atomic E-state index is 12.8. The molecule has 37 heavy (non-hydrogen) atoms. The molecule has 200 valence electrons. The molecule has 0 radical (unpaired) electrons. The largest absolute Gasteiger partial charge is 0.481 e. The molecular formula is C26H31F3N4O4. The van der Waals surface area contributed by atoms with Crippen LogP contribution >= 0.6 is 0 Å². The van der Waals surface area contributed by atoms with E-state index in [2.05, 4.69) is 20.5 Å². The highest BCUT2D eigenvalue weighted by molar-refractivity contribution is 5.96. The number of halogens is 3. The zero-order chi connectivity index (χ0) is 26.8. The molecule has 2 aliphatic rings. The van der Waals surface area contributed by atoms with E-state index in [1.807, 2.05) is 13.0 Å². The Morgan fingerprint density at radius 3 is 2.54 bits per heavy atom. The quantitative estimate of drug-likeness (QED) is 0.519. The van der Waals surface area contributed by atoms with Gasteiger partial charge in [0.05, 0.1) is 30.9 Å². The Balaban J connectivity index is 1.19. The molecule has 2 aromatic rings. The van der Waals surface area contributed by atoms with Crippen molar-refractivity contribution < 1.29 is 32.6 Å². The molecule has 1 aliphatic carbocycles. The Morgan fingerprint density at radius 1 is 1.22 bits per heavy atom. The van der Waals surface area contributed by atoms with Crippen molar-refractivity contribution in [2.45, 2.75) is 56.5 Å². The van der Waals surface area contributed by atoms with E-state index in [1.165, 1.54) is 6.07 Å². The standard InChI is InChI=1S/C26H31F3N4O4/c1-16-10-19(12-31-24(16)37-2)25(36)8-6-21(7-9-25)33-14-20(15-33)32-22(34)13-30-23(35)17-4-3-5-18(11-17)26(27,28)29/h3-5,10-12,20-21,36H,6-9,13-15H2,1-2H3,(H,30,35)(H,32,34). The lowest BCUT2D eigenvalue weighted by atomic mass is 9.77. The molecule has 0 spiro atoms. The molecule has 1 saturated carbocycles. The zero-order valence-corrected chi connectivity index (χ0v) is 20.8. The van der Waals surface area contributed by atoms with Gasteiger partial charge in [0.1, 0.15) is 0 Å². The van der Waals surface area contributed by atoms with Crippen LogP contribution in [-0.2, 0) is 16.6 Å². The molecule has 8 nitrogen and oxygen atoms in total. The minimum atomic E-state index is -4.55. The SMILES string of the molecule is COc1ncc(C2(O)CCC(N3CC(NC(=O)CNC(=O)c4cccc(C(F)(F)F)c4)C3)CC2)cc1C. The number of carbonyl (C=O) groups excluding carboxylic acids is 2. The molecule has 2 fully saturated rings. The van der Waals surface area contributed by atoms with Gasteiger partial charge in [0.2, 0.25) is 11.8 Å². The third-order valence-corrected chi connectivity index (χ3v) is 7.20. The number of carbonyl (C=O) groups is 2. The van der Waals surface area contributed by atoms with Crippen molar-refractivity contribution in [2.24, 2.45) is 0 Å². The molecular weight excluding hydrogens is 489 g/mol. The van der Waals surface area contributed by atoms with Gasteiger partial charge in [-0.2, -0.15) is 13.2 Å². The number of hydrogen-bond acceptors (Lipinski definition) is 6. The first-order valence-electron chi connectivity index (χ1n) is 12.2. The van der Waals surface area contributed by atoms with Crippen molar-refractivity contribution in [1.82, 2.24) is 20.5 Å². The van der Waals surface area contributed by atoms with Crippen LogP contribution < -0.4 is 15.4 Å². The van der Waals surface area contributed by atoms with Gasteiger partial charge in [-0.15, -0.1) is 0 Å². The Kier molecular flexibility index (Phi) is 7.75. The second kappa shape index (κ2) is 10.7. The lowest BCUT2D eigenvalue weighted by Crippen LogP contribution is -2.63. The maximum atomic E-state index is 12.8. The highest BCUT2D eigenvalue weighted by Crippen LogP contribution is 2.40. The number of aliphatic hydroxyl groups is 1. The van der Waals surface area contributed by atoms with E-state index in [1.54, 1.807) is 13.3 Å². The first-order valence-corrected chi connectivity index (χ1v) is 12.2. The molecule has 2 heterocycles. The summed E-state index contributed by atoms with van der Waals surface area (Å²) in [6, 6.07) is 6.23. The Labute approximate surface area is 213 Å². The Hall–Kier alpha value is -3.18. The van der Waals surface area contributed by atoms with E-state index in [4.69, 9.17) is 4.74 Å². The molecule has 0 atom stereocenters. The van der Waals surface area contributed by atoms with Gasteiger partial charge in [-0.1, -0.05) is 6.07 Å². The highest BCUT2D eigenvalue weighted by Gasteiger charge is 2.40. The van der Waals surface area contributed by atoms with Crippen molar-refractivity contribution in [3.05, 3.63) is 58.8 Å². The zero-order valence-electron chi connectivity index (χ0n) is 20.8. The molecule has 4 rings (SSSR count). The van der Waals surface area contributed by atoms with Crippen molar-refractivity contribution in [1.29, 1.82) is 0 Å². The molecule has 1 saturated heterocycles. The minimum absolute atomic E-state index is 0.0628. The van der Waals surface area contributed by atoms with Gasteiger partial charge in [0.25, 0.3) is 5.91 Å². The van der Waals surface area contributed by atoms with Crippen LogP contribution in [0.15, 0.2) is 36.5 Å². The molecule has 0 bridgehead atoms. The lowest BCUT2D eigenvalue weighted by Gasteiger charge is -2.48. The van der Waals surface area contributed by atoms with Gasteiger partial charge in [-0.3, -0.25) is 14.5 Å². The van der Waals surface area contributed by atoms with Crippen LogP contribution in [0.25, 0.3) is 0 Å². The number of rotatable bonds is 7. The van der Waals surface area contributed by atoms with Gasteiger partial charge in [0.15, 0.2) is 0 Å². The van der Waals surface area contributed by atoms with E-state index in [-0.39, 0.29) is 18.2 Å². The van der Waals surface area contributed by atoms with E-state index >= 15 is 0 Å². The van der Waals surface area contributed by atoms with Crippen LogP contribution in [-0.4, -0.2) is 65.6 Å². The summed E-state index contributed by atoms with van der Waals surface area (Å²) in [6.07, 6.45) is -0.0230. The predicted octanol–water partition coefficient (Wildman–Crippen LogP) is 2.78. The van der Waals surface area contributed by atoms with Crippen LogP contribution in [0.4, 0.5) is 13.2 Å². The number of amides is 2. The third-order valence-electron chi connectivity index (χ3n) is 7.20. The summed E-state index contributed by atoms with van der Waals surface area (Å²) >= 11 is 0. The van der Waals surface area contributed by atoms with Crippen molar-refractivity contribution in [2.75, 3.05) is 26.7 Å². The second-order valence-corrected chi connectivity index (χ2v) is 9.79. The third kappa shape index (κ3) is 6.22. The number of nitrogens with zero attached hydrogens (tertiary/aromatic N) is 2. The topological polar surface area (TPSA) is 104 Å². The molecule has 0 unspecified atom stereocenters. The summed E-state index contributed by atoms with van der Waals surface area (Å²) in [6.45, 7) is 2.91. The van der Waals surface area contributed by atoms with Gasteiger partial charge >= 0.3 is 6.18 Å². The molecule has 1 aromatic heterocycles. The van der Waals surface area contributed by atoms with E-state index in [0.717, 1.165) is 42.2 Å². The van der Waals surface area contributed by atoms with Crippen molar-refractivity contribution in [3.63, 3.8) is 0 Å². The van der Waals surface area contributed by atoms with Crippen LogP contribution in [0.5, 0.6) is 5.88 Å². The smallest absolute Gasteiger partial charge is 0.416 e. The number of ether oxygens (including phenoxy) is 1. The second-order valence-electron chi connectivity index (χ2n) is 9.79. The van der Waals surface area contributed by atoms with Crippen molar-refractivity contribution >= 4 is 11.8 Å². The van der Waals surface area contributed by atoms with Crippen LogP contribution in [0.3, 0.4) is 0 Å². The number of hydrogen-bond donors (Lipinski definition) is 3. The lowest BCUT2D eigenvalue weighted by molar-refractivity contribution is -0.137. The first-order chi connectivity index (χ1) is 17.5. The number of benzene rings is 1. The Bertz CT molecular complexity index is 1140. The number of aromatic nitrogens is 1. The maximum Gasteiger partial charge on any atom is 0.416 e. The van der Waals surface area contributed by atoms with Gasteiger partial charge < -0.3 is 20.5 Å². The first kappa shape index (κ1) is 26.9. The summed E-state index contributed by atoms with van der Waals surface area (Å²) in [5.41, 5.74) is -0.323. The highest BCUT2D eigenvalue weighted by atomic mass is 19.4. The summed E-state index contributed by atoms with van der Waals surface area (Å²) in [4.78, 5) is 31.0. The van der Waals surface area contributed by atoms with Crippen LogP contribution in [0, 0.1) is 6.92 Å². The summed E-state index contributed by atoms with van der Waals surface area (Å²) in [5.74, 6) is -0.594. The van der Waals surface area contributed by atoms with Gasteiger partial charge in [-0.05, 0) is 56.9 Å². The average Bonchev–Trinajstić information content (AvgIpc) is 2.84. The number of alkyl halides is 3. The summed E-state index contributed by atoms with van der Waals surface area (Å²) < 4.78 is 43.7. The normalized spacial score (nSPS) is 22.7. The fourth-order valence-corrected chi connectivity index (χ4v) is 5.04. The molecule has 11 heteroatoms. The fourth-order valence-electron chi connectivity index (χ4n) is 5.04. The molecule has 1 aromatic carbocycles. The monoisotopic (exact) mass is 520 g/mol. The fraction of sp³-hybridized carbons (Fsp3) is 0.500. The number of methoxy groups -OCH3 is 1. The predicted molar refractivity (Wildman–Crippen MR) is 129 cm³/mol. The number of likely N-dealkylation sites (tertiary alicyclic amines) is 1. The average molecular weight is 521 g/mol. The van der Waals surface area contributed by atoms with E-state index < -0.39 is 29.2 Å². The van der Waals surface area contributed by atoms with E-state index in [9.17, 15) is 27.9 Å². The minimum Gasteiger partial charge on any atom is -0.481 e. The van der Waals surface area contributed by atoms with Gasteiger partial charge in [-0.25, -0.2) is 4.98 Å². The number of aryl methyl sites for hydroxylation is 1. The van der Waals surface area contributed by atoms with Crippen LogP contribution in [0.1, 0.15) is 52.7 Å². The Morgan fingerprint density at radius 2 is 1.92 bits per heavy atom. The number of nitrogens with one attached hydrogen (secondary N) is 2. The van der Waals surface area contributed by atoms with E-state index in [0.29, 0.717) is 37.9 Å². The summed E-state index contributed by atoms with van der Waals surface area (Å²) in [5, 5.41) is 16.4. The summed E-state index contributed by atoms with van der Waals surface area (Å²) in [7, 11) is 1.56. The van der Waals surface area contributed by atoms with Crippen LogP contribution in [0.2, 0.25) is 0 Å². The van der Waals surface area contributed by atoms with Gasteiger partial charge in [0, 0.05) is 42.0 Å². The van der Waals surface area contributed by atoms with Crippen molar-refractivity contribution in [3.8, 4) is 5.88 Å². The molecule has 3 N–H and O–H groups in total. The number of pyridine rings is 1. The molecule has 2 amide bonds.